The van der Waals surface area contributed by atoms with Gasteiger partial charge in [0.05, 0.1) is 6.10 Å². The third-order valence-electron chi connectivity index (χ3n) is 5.26. The van der Waals surface area contributed by atoms with Crippen molar-refractivity contribution in [1.29, 1.82) is 0 Å². The van der Waals surface area contributed by atoms with E-state index in [-0.39, 0.29) is 14.2 Å². The van der Waals surface area contributed by atoms with Gasteiger partial charge >= 0.3 is 0 Å². The topological polar surface area (TPSA) is 41.9 Å². The van der Waals surface area contributed by atoms with Gasteiger partial charge in [0.1, 0.15) is 0 Å². The van der Waals surface area contributed by atoms with E-state index in [2.05, 4.69) is 17.9 Å². The molecule has 22 heavy (non-hydrogen) atoms. The van der Waals surface area contributed by atoms with Crippen LogP contribution >= 0.6 is 0 Å². The van der Waals surface area contributed by atoms with E-state index in [0.29, 0.717) is 12.0 Å². The zero-order valence-electron chi connectivity index (χ0n) is 12.5. The Hall–Kier alpha value is -1.26. The number of fused-ring (bicyclic) bond motifs is 4. The van der Waals surface area contributed by atoms with Crippen LogP contribution in [-0.4, -0.2) is 35.9 Å². The highest BCUT2D eigenvalue weighted by Gasteiger charge is 2.43. The molecule has 0 saturated carbocycles. The summed E-state index contributed by atoms with van der Waals surface area (Å²) in [6, 6.07) is 4.57. The lowest BCUT2D eigenvalue weighted by atomic mass is 9.73. The van der Waals surface area contributed by atoms with Gasteiger partial charge in [0, 0.05) is 17.5 Å². The number of hydrogen-bond donors (Lipinski definition) is 1. The van der Waals surface area contributed by atoms with Crippen molar-refractivity contribution in [2.45, 2.75) is 52.2 Å². The monoisotopic (exact) mass is 305 g/mol. The minimum absolute atomic E-state index is 0. The summed E-state index contributed by atoms with van der Waals surface area (Å²) in [5, 5.41) is 10.9. The van der Waals surface area contributed by atoms with Crippen LogP contribution in [0.15, 0.2) is 12.1 Å². The molecule has 1 unspecified atom stereocenters. The van der Waals surface area contributed by atoms with Crippen LogP contribution < -0.4 is 9.47 Å². The number of hydrogen-bond acceptors (Lipinski definition) is 4. The van der Waals surface area contributed by atoms with Gasteiger partial charge < -0.3 is 14.6 Å². The van der Waals surface area contributed by atoms with Gasteiger partial charge in [-0.1, -0.05) is 20.4 Å². The van der Waals surface area contributed by atoms with E-state index in [1.54, 1.807) is 0 Å². The van der Waals surface area contributed by atoms with Gasteiger partial charge in [-0.15, -0.1) is 0 Å². The number of piperidine rings is 1. The first-order chi connectivity index (χ1) is 10.3. The van der Waals surface area contributed by atoms with Crippen LogP contribution in [0.2, 0.25) is 0 Å². The maximum Gasteiger partial charge on any atom is 0.231 e. The van der Waals surface area contributed by atoms with Crippen molar-refractivity contribution in [2.75, 3.05) is 19.9 Å². The van der Waals surface area contributed by atoms with E-state index in [9.17, 15) is 5.11 Å². The second kappa shape index (κ2) is 6.09. The Labute approximate surface area is 133 Å². The fourth-order valence-corrected chi connectivity index (χ4v) is 4.35. The van der Waals surface area contributed by atoms with Crippen molar-refractivity contribution in [3.8, 4) is 11.5 Å². The molecule has 1 N–H and O–H groups in total. The van der Waals surface area contributed by atoms with Crippen molar-refractivity contribution < 1.29 is 14.6 Å². The summed E-state index contributed by atoms with van der Waals surface area (Å²) in [7, 11) is 0. The van der Waals surface area contributed by atoms with Crippen molar-refractivity contribution in [3.05, 3.63) is 23.3 Å². The van der Waals surface area contributed by atoms with Crippen molar-refractivity contribution in [2.24, 2.45) is 5.92 Å². The number of nitrogens with zero attached hydrogens (tertiary/aromatic N) is 1. The van der Waals surface area contributed by atoms with E-state index in [1.807, 2.05) is 6.07 Å². The fourth-order valence-electron chi connectivity index (χ4n) is 4.35. The third-order valence-corrected chi connectivity index (χ3v) is 5.26. The summed E-state index contributed by atoms with van der Waals surface area (Å²) in [4.78, 5) is 2.57. The van der Waals surface area contributed by atoms with Gasteiger partial charge in [0.15, 0.2) is 11.5 Å². The average molecular weight is 305 g/mol. The van der Waals surface area contributed by atoms with Crippen LogP contribution in [0, 0.1) is 5.92 Å². The van der Waals surface area contributed by atoms with Gasteiger partial charge in [-0.2, -0.15) is 0 Å². The van der Waals surface area contributed by atoms with Crippen LogP contribution in [0.5, 0.6) is 11.5 Å². The number of ether oxygens (including phenoxy) is 2. The van der Waals surface area contributed by atoms with Gasteiger partial charge in [-0.3, -0.25) is 4.90 Å². The zero-order valence-corrected chi connectivity index (χ0v) is 12.5. The SMILES string of the molecule is C.CCCN1CCC[C@@H]2C(O)c3c(ccc4c3OCO4)C[C@H]21. The Balaban J connectivity index is 0.00000144. The molecule has 0 bridgehead atoms. The normalized spacial score (nSPS) is 29.5. The van der Waals surface area contributed by atoms with E-state index >= 15 is 0 Å². The molecular formula is C18H27NO3. The Morgan fingerprint density at radius 3 is 3.00 bits per heavy atom. The molecule has 0 spiro atoms. The number of rotatable bonds is 2. The molecule has 1 aliphatic carbocycles. The summed E-state index contributed by atoms with van der Waals surface area (Å²) in [6.07, 6.45) is 4.06. The lowest BCUT2D eigenvalue weighted by molar-refractivity contribution is -0.00782. The largest absolute Gasteiger partial charge is 0.454 e. The van der Waals surface area contributed by atoms with Crippen LogP contribution in [0.3, 0.4) is 0 Å². The Bertz CT molecular complexity index is 543. The first kappa shape index (κ1) is 15.6. The molecule has 2 heterocycles. The van der Waals surface area contributed by atoms with E-state index in [4.69, 9.17) is 9.47 Å². The predicted molar refractivity (Wildman–Crippen MR) is 86.3 cm³/mol. The third kappa shape index (κ3) is 2.29. The van der Waals surface area contributed by atoms with Gasteiger partial charge in [0.2, 0.25) is 6.79 Å². The average Bonchev–Trinajstić information content (AvgIpc) is 2.97. The summed E-state index contributed by atoms with van der Waals surface area (Å²) in [6.45, 7) is 4.80. The van der Waals surface area contributed by atoms with Gasteiger partial charge in [-0.05, 0) is 50.4 Å². The molecule has 4 nitrogen and oxygen atoms in total. The molecule has 1 aromatic carbocycles. The van der Waals surface area contributed by atoms with Gasteiger partial charge in [0.25, 0.3) is 0 Å². The second-order valence-corrected chi connectivity index (χ2v) is 6.43. The highest BCUT2D eigenvalue weighted by atomic mass is 16.7. The van der Waals surface area contributed by atoms with Crippen LogP contribution in [-0.2, 0) is 6.42 Å². The van der Waals surface area contributed by atoms with Crippen LogP contribution in [0.1, 0.15) is 50.8 Å². The smallest absolute Gasteiger partial charge is 0.231 e. The molecule has 0 amide bonds. The first-order valence-electron chi connectivity index (χ1n) is 8.13. The molecular weight excluding hydrogens is 278 g/mol. The van der Waals surface area contributed by atoms with Crippen LogP contribution in [0.4, 0.5) is 0 Å². The molecule has 0 aromatic heterocycles. The number of benzene rings is 1. The molecule has 3 aliphatic rings. The Morgan fingerprint density at radius 2 is 2.18 bits per heavy atom. The standard InChI is InChI=1S/C17H23NO3.CH4/c1-2-7-18-8-3-4-12-13(18)9-11-5-6-14-17(21-10-20-14)15(11)16(12)19;/h5-6,12-13,16,19H,2-4,7-10H2,1H3;1H4/t12-,13+,16?;/m0./s1. The lowest BCUT2D eigenvalue weighted by Crippen LogP contribution is -2.50. The Morgan fingerprint density at radius 1 is 1.32 bits per heavy atom. The molecule has 0 radical (unpaired) electrons. The fraction of sp³-hybridized carbons (Fsp3) is 0.667. The molecule has 122 valence electrons. The first-order valence-corrected chi connectivity index (χ1v) is 8.13. The summed E-state index contributed by atoms with van der Waals surface area (Å²) < 4.78 is 11.1. The zero-order chi connectivity index (χ0) is 14.4. The number of aliphatic hydroxyl groups is 1. The quantitative estimate of drug-likeness (QED) is 0.911. The molecule has 1 saturated heterocycles. The predicted octanol–water partition coefficient (Wildman–Crippen LogP) is 3.13. The molecule has 1 fully saturated rings. The molecule has 3 atom stereocenters. The summed E-state index contributed by atoms with van der Waals surface area (Å²) in [5.74, 6) is 1.90. The minimum Gasteiger partial charge on any atom is -0.454 e. The Kier molecular flexibility index (Phi) is 4.33. The second-order valence-electron chi connectivity index (χ2n) is 6.43. The molecule has 4 heteroatoms. The van der Waals surface area contributed by atoms with Crippen molar-refractivity contribution >= 4 is 0 Å². The molecule has 4 rings (SSSR count). The van der Waals surface area contributed by atoms with E-state index in [1.165, 1.54) is 24.9 Å². The number of aliphatic hydroxyl groups excluding tert-OH is 1. The highest BCUT2D eigenvalue weighted by molar-refractivity contribution is 5.54. The van der Waals surface area contributed by atoms with E-state index in [0.717, 1.165) is 36.4 Å². The van der Waals surface area contributed by atoms with Crippen molar-refractivity contribution in [1.82, 2.24) is 4.90 Å². The van der Waals surface area contributed by atoms with E-state index < -0.39 is 6.10 Å². The summed E-state index contributed by atoms with van der Waals surface area (Å²) in [5.41, 5.74) is 2.22. The highest BCUT2D eigenvalue weighted by Crippen LogP contribution is 2.49. The maximum absolute atomic E-state index is 10.9. The number of likely N-dealkylation sites (tertiary alicyclic amines) is 1. The molecule has 1 aromatic rings. The summed E-state index contributed by atoms with van der Waals surface area (Å²) >= 11 is 0. The maximum atomic E-state index is 10.9. The van der Waals surface area contributed by atoms with Gasteiger partial charge in [-0.25, -0.2) is 0 Å². The van der Waals surface area contributed by atoms with Crippen LogP contribution in [0.25, 0.3) is 0 Å². The lowest BCUT2D eigenvalue weighted by Gasteiger charge is -2.46. The minimum atomic E-state index is -0.421. The van der Waals surface area contributed by atoms with Crippen molar-refractivity contribution in [3.63, 3.8) is 0 Å². The molecule has 2 aliphatic heterocycles.